The van der Waals surface area contributed by atoms with Gasteiger partial charge < -0.3 is 0 Å². The normalized spacial score (nSPS) is 20.4. The quantitative estimate of drug-likeness (QED) is 0.205. The zero-order chi connectivity index (χ0) is 22.2. The fraction of sp³-hybridized carbons (Fsp3) is 1.00. The summed E-state index contributed by atoms with van der Waals surface area (Å²) in [6.07, 6.45) is 14.5. The van der Waals surface area contributed by atoms with E-state index < -0.39 is 7.27 Å². The first-order valence-electron chi connectivity index (χ1n) is 10.6. The number of hydrogen-bond acceptors (Lipinski definition) is 0. The Labute approximate surface area is 205 Å². The van der Waals surface area contributed by atoms with E-state index in [1.54, 1.807) is 0 Å². The van der Waals surface area contributed by atoms with Gasteiger partial charge in [0.1, 0.15) is 7.27 Å². The molecule has 0 aliphatic heterocycles. The molecule has 0 radical (unpaired) electrons. The molecule has 2 aliphatic carbocycles. The van der Waals surface area contributed by atoms with Gasteiger partial charge in [0, 0.05) is 0 Å². The summed E-state index contributed by atoms with van der Waals surface area (Å²) in [5.74, 6) is 1.04. The van der Waals surface area contributed by atoms with Crippen molar-refractivity contribution in [1.82, 2.24) is 0 Å². The standard InChI is InChI=1S/C10H20ClP.C7H14.C4H10ClP.2ClH.Pd/c1-10(2,3)12(11)9-7-5-4-6-8-9;1-7-5-3-2-4-6-7;1-4(2,3)6-5;;;/h9H,4-8H2,1-3H3;7H,2-6H2,1H3;6H,1-3H3;2*1H;/q;;;;;+2/p-1. The molecule has 0 bridgehead atoms. The number of halogens is 4. The average Bonchev–Trinajstić information content (AvgIpc) is 2.63. The summed E-state index contributed by atoms with van der Waals surface area (Å²) in [5, 5.41) is 0.718. The Morgan fingerprint density at radius 1 is 0.786 bits per heavy atom. The van der Waals surface area contributed by atoms with Crippen molar-refractivity contribution in [2.24, 2.45) is 5.92 Å². The van der Waals surface area contributed by atoms with Crippen LogP contribution >= 0.6 is 56.7 Å². The molecule has 0 saturated heterocycles. The first-order chi connectivity index (χ1) is 12.9. The molecule has 2 atom stereocenters. The molecule has 0 heterocycles. The van der Waals surface area contributed by atoms with Gasteiger partial charge in [-0.2, -0.15) is 0 Å². The van der Waals surface area contributed by atoms with Gasteiger partial charge in [0.25, 0.3) is 0 Å². The molecule has 0 aromatic heterocycles. The van der Waals surface area contributed by atoms with Crippen molar-refractivity contribution in [3.05, 3.63) is 0 Å². The third kappa shape index (κ3) is 21.9. The monoisotopic (exact) mass is 605 g/mol. The van der Waals surface area contributed by atoms with Crippen molar-refractivity contribution in [3.8, 4) is 0 Å². The van der Waals surface area contributed by atoms with Gasteiger partial charge in [-0.05, 0) is 65.5 Å². The Kier molecular flexibility index (Phi) is 22.5. The van der Waals surface area contributed by atoms with Crippen LogP contribution in [0.4, 0.5) is 0 Å². The molecule has 0 amide bonds. The Morgan fingerprint density at radius 3 is 1.32 bits per heavy atom. The molecule has 2 rings (SSSR count). The topological polar surface area (TPSA) is 0 Å². The minimum absolute atomic E-state index is 0.106. The van der Waals surface area contributed by atoms with Crippen LogP contribution in [0.25, 0.3) is 0 Å². The van der Waals surface area contributed by atoms with Gasteiger partial charge in [-0.3, -0.25) is 0 Å². The van der Waals surface area contributed by atoms with Gasteiger partial charge in [-0.25, -0.2) is 0 Å². The zero-order valence-electron chi connectivity index (χ0n) is 19.1. The summed E-state index contributed by atoms with van der Waals surface area (Å²) >= 11 is 11.9. The summed E-state index contributed by atoms with van der Waals surface area (Å²) in [4.78, 5) is 0. The van der Waals surface area contributed by atoms with Crippen molar-refractivity contribution in [3.63, 3.8) is 0 Å². The van der Waals surface area contributed by atoms with E-state index in [9.17, 15) is 0 Å². The second-order valence-corrected chi connectivity index (χ2v) is 18.9. The molecule has 2 aliphatic rings. The summed E-state index contributed by atoms with van der Waals surface area (Å²) < 4.78 is 0. The summed E-state index contributed by atoms with van der Waals surface area (Å²) in [6, 6.07) is 0. The Bertz CT molecular complexity index is 334. The van der Waals surface area contributed by atoms with Crippen molar-refractivity contribution in [1.29, 1.82) is 0 Å². The van der Waals surface area contributed by atoms with E-state index in [4.69, 9.17) is 41.5 Å². The van der Waals surface area contributed by atoms with E-state index in [1.807, 2.05) is 0 Å². The van der Waals surface area contributed by atoms with Crippen LogP contribution in [-0.2, 0) is 15.9 Å². The predicted octanol–water partition coefficient (Wildman–Crippen LogP) is 11.1. The van der Waals surface area contributed by atoms with E-state index in [0.717, 1.165) is 11.6 Å². The molecule has 7 heteroatoms. The van der Waals surface area contributed by atoms with Crippen LogP contribution < -0.4 is 0 Å². The van der Waals surface area contributed by atoms with E-state index in [-0.39, 0.29) is 15.9 Å². The predicted molar refractivity (Wildman–Crippen MR) is 139 cm³/mol. The molecule has 0 N–H and O–H groups in total. The third-order valence-corrected chi connectivity index (χ3v) is 12.5. The Hall–Kier alpha value is 2.68. The number of rotatable bonds is 1. The van der Waals surface area contributed by atoms with E-state index in [1.165, 1.54) is 64.2 Å². The molecule has 0 spiro atoms. The molecule has 0 nitrogen and oxygen atoms in total. The van der Waals surface area contributed by atoms with Crippen LogP contribution in [0, 0.1) is 5.92 Å². The third-order valence-electron chi connectivity index (χ3n) is 4.86. The van der Waals surface area contributed by atoms with Crippen molar-refractivity contribution in [2.45, 2.75) is 129 Å². The van der Waals surface area contributed by atoms with Gasteiger partial charge in [0.05, 0.1) is 22.1 Å². The van der Waals surface area contributed by atoms with Crippen molar-refractivity contribution < 1.29 is 15.9 Å². The molecular formula is C21H45Cl4P2Pd+. The van der Waals surface area contributed by atoms with Gasteiger partial charge in [0.15, 0.2) is 0 Å². The average molecular weight is 608 g/mol. The fourth-order valence-corrected chi connectivity index (χ4v) is 6.07. The molecule has 28 heavy (non-hydrogen) atoms. The second-order valence-electron chi connectivity index (χ2n) is 10.1. The van der Waals surface area contributed by atoms with Crippen LogP contribution in [0.3, 0.4) is 0 Å². The van der Waals surface area contributed by atoms with Gasteiger partial charge in [0.2, 0.25) is 0 Å². The Morgan fingerprint density at radius 2 is 1.11 bits per heavy atom. The van der Waals surface area contributed by atoms with Gasteiger partial charge in [-0.1, -0.05) is 77.5 Å². The second kappa shape index (κ2) is 19.2. The molecule has 2 fully saturated rings. The number of hydrogen-bond donors (Lipinski definition) is 0. The van der Waals surface area contributed by atoms with Crippen molar-refractivity contribution in [2.75, 3.05) is 0 Å². The molecule has 176 valence electrons. The van der Waals surface area contributed by atoms with Gasteiger partial charge in [-0.15, -0.1) is 0 Å². The first-order valence-corrected chi connectivity index (χ1v) is 19.2. The molecule has 2 saturated carbocycles. The minimum atomic E-state index is -0.634. The van der Waals surface area contributed by atoms with Crippen LogP contribution in [0.2, 0.25) is 0 Å². The zero-order valence-corrected chi connectivity index (χ0v) is 25.6. The first kappa shape index (κ1) is 32.9. The molecular weight excluding hydrogens is 562 g/mol. The molecule has 2 unspecified atom stereocenters. The SMILES string of the molecule is CC(C)(C)PCl.CC(C)(C)[PH+](Cl)C1CCCCC1.CC1CCCCC1.[Cl][Pd][Cl]. The van der Waals surface area contributed by atoms with E-state index in [0.29, 0.717) is 18.2 Å². The van der Waals surface area contributed by atoms with Crippen LogP contribution in [-0.4, -0.2) is 16.0 Å². The summed E-state index contributed by atoms with van der Waals surface area (Å²) in [5.41, 5.74) is 0.880. The van der Waals surface area contributed by atoms with Crippen LogP contribution in [0.1, 0.15) is 113 Å². The molecule has 0 aromatic carbocycles. The van der Waals surface area contributed by atoms with Crippen LogP contribution in [0.15, 0.2) is 0 Å². The van der Waals surface area contributed by atoms with E-state index >= 15 is 0 Å². The van der Waals surface area contributed by atoms with Crippen molar-refractivity contribution >= 4 is 56.7 Å². The van der Waals surface area contributed by atoms with E-state index in [2.05, 4.69) is 48.5 Å². The summed E-state index contributed by atoms with van der Waals surface area (Å²) in [6.45, 7) is 15.6. The van der Waals surface area contributed by atoms with Gasteiger partial charge >= 0.3 is 35.0 Å². The Balaban J connectivity index is 0. The summed E-state index contributed by atoms with van der Waals surface area (Å²) in [7, 11) is 9.53. The fourth-order valence-electron chi connectivity index (χ4n) is 3.28. The molecule has 0 aromatic rings. The maximum atomic E-state index is 6.54. The maximum absolute atomic E-state index is 6.54. The van der Waals surface area contributed by atoms with Crippen LogP contribution in [0.5, 0.6) is 0 Å².